The van der Waals surface area contributed by atoms with Gasteiger partial charge in [0.2, 0.25) is 5.95 Å². The van der Waals surface area contributed by atoms with Gasteiger partial charge in [-0.25, -0.2) is 0 Å². The van der Waals surface area contributed by atoms with Crippen molar-refractivity contribution in [2.24, 2.45) is 0 Å². The van der Waals surface area contributed by atoms with E-state index in [0.717, 1.165) is 18.8 Å². The van der Waals surface area contributed by atoms with Crippen LogP contribution in [0.3, 0.4) is 0 Å². The highest BCUT2D eigenvalue weighted by molar-refractivity contribution is 5.40. The SMILES string of the molecule is CN(CCc1ccncc1)c1cnnc(NC2CC2)n1. The summed E-state index contributed by atoms with van der Waals surface area (Å²) in [5.41, 5.74) is 1.27. The van der Waals surface area contributed by atoms with E-state index >= 15 is 0 Å². The summed E-state index contributed by atoms with van der Waals surface area (Å²) in [4.78, 5) is 10.6. The van der Waals surface area contributed by atoms with Crippen molar-refractivity contribution in [3.63, 3.8) is 0 Å². The van der Waals surface area contributed by atoms with Crippen LogP contribution >= 0.6 is 0 Å². The minimum absolute atomic E-state index is 0.536. The number of likely N-dealkylation sites (N-methyl/N-ethyl adjacent to an activating group) is 1. The summed E-state index contributed by atoms with van der Waals surface area (Å²) in [7, 11) is 2.02. The fraction of sp³-hybridized carbons (Fsp3) is 0.429. The van der Waals surface area contributed by atoms with Crippen LogP contribution in [0.15, 0.2) is 30.7 Å². The van der Waals surface area contributed by atoms with Gasteiger partial charge in [0.25, 0.3) is 0 Å². The molecule has 0 atom stereocenters. The molecule has 0 saturated heterocycles. The van der Waals surface area contributed by atoms with Crippen LogP contribution in [0.25, 0.3) is 0 Å². The Labute approximate surface area is 118 Å². The number of anilines is 2. The van der Waals surface area contributed by atoms with Crippen LogP contribution in [0.5, 0.6) is 0 Å². The summed E-state index contributed by atoms with van der Waals surface area (Å²) < 4.78 is 0. The molecule has 3 rings (SSSR count). The molecule has 1 aliphatic rings. The molecule has 20 heavy (non-hydrogen) atoms. The van der Waals surface area contributed by atoms with Crippen molar-refractivity contribution >= 4 is 11.8 Å². The summed E-state index contributed by atoms with van der Waals surface area (Å²) in [6, 6.07) is 4.60. The van der Waals surface area contributed by atoms with E-state index in [1.54, 1.807) is 6.20 Å². The number of nitrogens with one attached hydrogen (secondary N) is 1. The summed E-state index contributed by atoms with van der Waals surface area (Å²) in [5.74, 6) is 1.47. The maximum absolute atomic E-state index is 4.49. The Morgan fingerprint density at radius 2 is 2.10 bits per heavy atom. The molecule has 1 aliphatic carbocycles. The molecule has 0 spiro atoms. The summed E-state index contributed by atoms with van der Waals surface area (Å²) in [6.45, 7) is 0.881. The second kappa shape index (κ2) is 5.81. The highest BCUT2D eigenvalue weighted by Crippen LogP contribution is 2.23. The molecule has 1 saturated carbocycles. The monoisotopic (exact) mass is 270 g/mol. The van der Waals surface area contributed by atoms with E-state index in [9.17, 15) is 0 Å². The zero-order chi connectivity index (χ0) is 13.8. The first-order valence-corrected chi connectivity index (χ1v) is 6.87. The quantitative estimate of drug-likeness (QED) is 0.858. The second-order valence-corrected chi connectivity index (χ2v) is 5.08. The van der Waals surface area contributed by atoms with Gasteiger partial charge in [-0.15, -0.1) is 5.10 Å². The van der Waals surface area contributed by atoms with Gasteiger partial charge in [0, 0.05) is 32.0 Å². The highest BCUT2D eigenvalue weighted by Gasteiger charge is 2.22. The third-order valence-electron chi connectivity index (χ3n) is 3.33. The molecular weight excluding hydrogens is 252 g/mol. The molecule has 0 aromatic carbocycles. The summed E-state index contributed by atoms with van der Waals surface area (Å²) >= 11 is 0. The van der Waals surface area contributed by atoms with Gasteiger partial charge in [-0.3, -0.25) is 4.98 Å². The normalized spacial score (nSPS) is 14.1. The molecule has 0 unspecified atom stereocenters. The predicted octanol–water partition coefficient (Wildman–Crippen LogP) is 1.52. The molecule has 1 N–H and O–H groups in total. The largest absolute Gasteiger partial charge is 0.358 e. The third-order valence-corrected chi connectivity index (χ3v) is 3.33. The highest BCUT2D eigenvalue weighted by atomic mass is 15.3. The number of pyridine rings is 1. The third kappa shape index (κ3) is 3.40. The second-order valence-electron chi connectivity index (χ2n) is 5.08. The van der Waals surface area contributed by atoms with E-state index < -0.39 is 0 Å². The van der Waals surface area contributed by atoms with Gasteiger partial charge < -0.3 is 10.2 Å². The minimum Gasteiger partial charge on any atom is -0.358 e. The molecule has 1 fully saturated rings. The van der Waals surface area contributed by atoms with Crippen LogP contribution in [0, 0.1) is 0 Å². The van der Waals surface area contributed by atoms with Gasteiger partial charge in [0.05, 0.1) is 6.20 Å². The van der Waals surface area contributed by atoms with Gasteiger partial charge in [-0.1, -0.05) is 0 Å². The standard InChI is InChI=1S/C14H18N6/c1-20(9-6-11-4-7-15-8-5-11)13-10-16-19-14(18-13)17-12-2-3-12/h4-5,7-8,10,12H,2-3,6,9H2,1H3,(H,17,18,19). The van der Waals surface area contributed by atoms with E-state index in [1.165, 1.54) is 18.4 Å². The average Bonchev–Trinajstić information content (AvgIpc) is 3.30. The van der Waals surface area contributed by atoms with Gasteiger partial charge >= 0.3 is 0 Å². The zero-order valence-electron chi connectivity index (χ0n) is 11.5. The number of nitrogens with zero attached hydrogens (tertiary/aromatic N) is 5. The van der Waals surface area contributed by atoms with Crippen molar-refractivity contribution in [3.05, 3.63) is 36.3 Å². The average molecular weight is 270 g/mol. The molecule has 104 valence electrons. The molecule has 2 aromatic heterocycles. The molecule has 2 aromatic rings. The Bertz CT molecular complexity index is 555. The number of hydrogen-bond donors (Lipinski definition) is 1. The van der Waals surface area contributed by atoms with E-state index in [2.05, 4.69) is 30.4 Å². The smallest absolute Gasteiger partial charge is 0.244 e. The Hall–Kier alpha value is -2.24. The van der Waals surface area contributed by atoms with Crippen molar-refractivity contribution in [2.45, 2.75) is 25.3 Å². The topological polar surface area (TPSA) is 66.8 Å². The summed E-state index contributed by atoms with van der Waals surface area (Å²) in [6.07, 6.45) is 8.69. The molecule has 0 bridgehead atoms. The van der Waals surface area contributed by atoms with Crippen LogP contribution in [0.1, 0.15) is 18.4 Å². The van der Waals surface area contributed by atoms with Crippen LogP contribution in [-0.4, -0.2) is 39.8 Å². The minimum atomic E-state index is 0.536. The molecule has 0 aliphatic heterocycles. The number of hydrogen-bond acceptors (Lipinski definition) is 6. The number of aromatic nitrogens is 4. The molecule has 6 nitrogen and oxygen atoms in total. The Morgan fingerprint density at radius 3 is 2.85 bits per heavy atom. The molecule has 2 heterocycles. The van der Waals surface area contributed by atoms with Crippen LogP contribution < -0.4 is 10.2 Å². The predicted molar refractivity (Wildman–Crippen MR) is 77.7 cm³/mol. The fourth-order valence-corrected chi connectivity index (χ4v) is 1.91. The molecule has 0 radical (unpaired) electrons. The fourth-order valence-electron chi connectivity index (χ4n) is 1.91. The maximum atomic E-state index is 4.49. The van der Waals surface area contributed by atoms with Crippen molar-refractivity contribution in [2.75, 3.05) is 23.8 Å². The van der Waals surface area contributed by atoms with Gasteiger partial charge in [0.15, 0.2) is 5.82 Å². The van der Waals surface area contributed by atoms with Crippen molar-refractivity contribution in [1.82, 2.24) is 20.2 Å². The molecule has 0 amide bonds. The Balaban J connectivity index is 1.59. The Kier molecular flexibility index (Phi) is 3.71. The van der Waals surface area contributed by atoms with E-state index in [1.807, 2.05) is 31.6 Å². The van der Waals surface area contributed by atoms with Gasteiger partial charge in [-0.2, -0.15) is 10.1 Å². The van der Waals surface area contributed by atoms with E-state index in [0.29, 0.717) is 12.0 Å². The van der Waals surface area contributed by atoms with Gasteiger partial charge in [-0.05, 0) is 37.0 Å². The van der Waals surface area contributed by atoms with Crippen LogP contribution in [0.2, 0.25) is 0 Å². The molecule has 6 heteroatoms. The first-order valence-electron chi connectivity index (χ1n) is 6.87. The lowest BCUT2D eigenvalue weighted by molar-refractivity contribution is 0.835. The first kappa shape index (κ1) is 12.8. The van der Waals surface area contributed by atoms with E-state index in [4.69, 9.17) is 0 Å². The summed E-state index contributed by atoms with van der Waals surface area (Å²) in [5, 5.41) is 11.3. The molecular formula is C14H18N6. The van der Waals surface area contributed by atoms with Crippen molar-refractivity contribution in [3.8, 4) is 0 Å². The van der Waals surface area contributed by atoms with Gasteiger partial charge in [0.1, 0.15) is 0 Å². The number of rotatable bonds is 6. The van der Waals surface area contributed by atoms with Crippen molar-refractivity contribution in [1.29, 1.82) is 0 Å². The van der Waals surface area contributed by atoms with Crippen LogP contribution in [-0.2, 0) is 6.42 Å². The lowest BCUT2D eigenvalue weighted by atomic mass is 10.2. The first-order chi connectivity index (χ1) is 9.81. The zero-order valence-corrected chi connectivity index (χ0v) is 11.5. The Morgan fingerprint density at radius 1 is 1.30 bits per heavy atom. The van der Waals surface area contributed by atoms with Crippen LogP contribution in [0.4, 0.5) is 11.8 Å². The lowest BCUT2D eigenvalue weighted by Crippen LogP contribution is -2.22. The van der Waals surface area contributed by atoms with Crippen molar-refractivity contribution < 1.29 is 0 Å². The lowest BCUT2D eigenvalue weighted by Gasteiger charge is -2.17. The maximum Gasteiger partial charge on any atom is 0.244 e. The van der Waals surface area contributed by atoms with E-state index in [-0.39, 0.29) is 0 Å².